The zero-order valence-corrected chi connectivity index (χ0v) is 16.6. The molecule has 1 fully saturated rings. The van der Waals surface area contributed by atoms with Crippen molar-refractivity contribution in [2.24, 2.45) is 10.9 Å². The summed E-state index contributed by atoms with van der Waals surface area (Å²) in [7, 11) is -3.08. The SMILES string of the molecule is CCNC(=NCc1ccco1)NCC1CCN(S(C)(=O)=O)C1.I. The molecule has 1 aliphatic heterocycles. The van der Waals surface area contributed by atoms with E-state index in [2.05, 4.69) is 15.6 Å². The molecule has 2 rings (SSSR count). The van der Waals surface area contributed by atoms with Crippen molar-refractivity contribution in [3.63, 3.8) is 0 Å². The maximum atomic E-state index is 11.5. The second kappa shape index (κ2) is 9.48. The van der Waals surface area contributed by atoms with Crippen LogP contribution in [0.1, 0.15) is 19.1 Å². The summed E-state index contributed by atoms with van der Waals surface area (Å²) >= 11 is 0. The van der Waals surface area contributed by atoms with E-state index in [0.29, 0.717) is 32.1 Å². The lowest BCUT2D eigenvalue weighted by molar-refractivity contribution is 0.458. The van der Waals surface area contributed by atoms with E-state index < -0.39 is 10.0 Å². The van der Waals surface area contributed by atoms with E-state index in [4.69, 9.17) is 4.42 Å². The van der Waals surface area contributed by atoms with Gasteiger partial charge >= 0.3 is 0 Å². The summed E-state index contributed by atoms with van der Waals surface area (Å²) in [5.41, 5.74) is 0. The monoisotopic (exact) mass is 456 g/mol. The van der Waals surface area contributed by atoms with E-state index in [1.807, 2.05) is 19.1 Å². The van der Waals surface area contributed by atoms with Gasteiger partial charge in [0.25, 0.3) is 0 Å². The molecule has 1 aromatic heterocycles. The fourth-order valence-corrected chi connectivity index (χ4v) is 3.33. The summed E-state index contributed by atoms with van der Waals surface area (Å²) in [6.45, 7) is 5.13. The molecule has 2 heterocycles. The molecule has 0 saturated carbocycles. The highest BCUT2D eigenvalue weighted by Crippen LogP contribution is 2.17. The predicted octanol–water partition coefficient (Wildman–Crippen LogP) is 1.23. The molecular formula is C14H25IN4O3S. The molecule has 2 N–H and O–H groups in total. The number of nitrogens with zero attached hydrogens (tertiary/aromatic N) is 2. The van der Waals surface area contributed by atoms with E-state index in [-0.39, 0.29) is 24.0 Å². The van der Waals surface area contributed by atoms with E-state index in [1.54, 1.807) is 6.26 Å². The molecule has 9 heteroatoms. The molecule has 0 aromatic carbocycles. The van der Waals surface area contributed by atoms with Gasteiger partial charge in [-0.3, -0.25) is 0 Å². The summed E-state index contributed by atoms with van der Waals surface area (Å²) in [6.07, 6.45) is 3.76. The lowest BCUT2D eigenvalue weighted by Gasteiger charge is -2.16. The highest BCUT2D eigenvalue weighted by Gasteiger charge is 2.28. The van der Waals surface area contributed by atoms with Crippen molar-refractivity contribution < 1.29 is 12.8 Å². The molecule has 23 heavy (non-hydrogen) atoms. The molecule has 1 unspecified atom stereocenters. The topological polar surface area (TPSA) is 86.9 Å². The second-order valence-corrected chi connectivity index (χ2v) is 7.41. The molecule has 0 amide bonds. The van der Waals surface area contributed by atoms with Crippen LogP contribution in [0.3, 0.4) is 0 Å². The fraction of sp³-hybridized carbons (Fsp3) is 0.643. The van der Waals surface area contributed by atoms with Gasteiger partial charge in [-0.05, 0) is 31.4 Å². The van der Waals surface area contributed by atoms with Gasteiger partial charge in [-0.15, -0.1) is 24.0 Å². The molecular weight excluding hydrogens is 431 g/mol. The van der Waals surface area contributed by atoms with Crippen molar-refractivity contribution >= 4 is 40.0 Å². The first-order valence-electron chi connectivity index (χ1n) is 7.48. The Morgan fingerprint density at radius 2 is 2.26 bits per heavy atom. The van der Waals surface area contributed by atoms with Gasteiger partial charge in [0.2, 0.25) is 10.0 Å². The molecule has 7 nitrogen and oxygen atoms in total. The van der Waals surface area contributed by atoms with Crippen LogP contribution in [-0.4, -0.2) is 51.1 Å². The van der Waals surface area contributed by atoms with Crippen molar-refractivity contribution in [2.45, 2.75) is 19.9 Å². The number of aliphatic imine (C=N–C) groups is 1. The zero-order valence-electron chi connectivity index (χ0n) is 13.5. The van der Waals surface area contributed by atoms with Gasteiger partial charge < -0.3 is 15.1 Å². The van der Waals surface area contributed by atoms with Crippen LogP contribution in [0.5, 0.6) is 0 Å². The maximum absolute atomic E-state index is 11.5. The Morgan fingerprint density at radius 1 is 1.48 bits per heavy atom. The van der Waals surface area contributed by atoms with Gasteiger partial charge in [0, 0.05) is 26.2 Å². The van der Waals surface area contributed by atoms with Crippen molar-refractivity contribution in [2.75, 3.05) is 32.4 Å². The van der Waals surface area contributed by atoms with Crippen molar-refractivity contribution in [1.29, 1.82) is 0 Å². The predicted molar refractivity (Wildman–Crippen MR) is 101 cm³/mol. The Labute approximate surface area is 155 Å². The molecule has 1 atom stereocenters. The number of nitrogens with one attached hydrogen (secondary N) is 2. The first-order valence-corrected chi connectivity index (χ1v) is 9.33. The standard InChI is InChI=1S/C14H24N4O3S.HI/c1-3-15-14(17-10-13-5-4-8-21-13)16-9-12-6-7-18(11-12)22(2,19)20;/h4-5,8,12H,3,6-7,9-11H2,1-2H3,(H2,15,16,17);1H. The molecule has 1 aromatic rings. The zero-order chi connectivity index (χ0) is 16.0. The molecule has 1 saturated heterocycles. The summed E-state index contributed by atoms with van der Waals surface area (Å²) < 4.78 is 29.8. The van der Waals surface area contributed by atoms with Crippen LogP contribution in [0, 0.1) is 5.92 Å². The number of hydrogen-bond donors (Lipinski definition) is 2. The van der Waals surface area contributed by atoms with Crippen LogP contribution in [0.4, 0.5) is 0 Å². The maximum Gasteiger partial charge on any atom is 0.211 e. The minimum absolute atomic E-state index is 0. The third kappa shape index (κ3) is 6.68. The number of hydrogen-bond acceptors (Lipinski definition) is 4. The largest absolute Gasteiger partial charge is 0.467 e. The summed E-state index contributed by atoms with van der Waals surface area (Å²) in [4.78, 5) is 4.45. The number of furan rings is 1. The smallest absolute Gasteiger partial charge is 0.211 e. The third-order valence-corrected chi connectivity index (χ3v) is 4.86. The number of rotatable bonds is 6. The van der Waals surface area contributed by atoms with Crippen molar-refractivity contribution in [3.8, 4) is 0 Å². The summed E-state index contributed by atoms with van der Waals surface area (Å²) in [5.74, 6) is 1.83. The van der Waals surface area contributed by atoms with E-state index in [0.717, 1.165) is 24.7 Å². The van der Waals surface area contributed by atoms with Gasteiger partial charge in [-0.25, -0.2) is 17.7 Å². The van der Waals surface area contributed by atoms with Crippen LogP contribution >= 0.6 is 24.0 Å². The Morgan fingerprint density at radius 3 is 2.83 bits per heavy atom. The average Bonchev–Trinajstić information content (AvgIpc) is 3.12. The average molecular weight is 456 g/mol. The second-order valence-electron chi connectivity index (χ2n) is 5.43. The fourth-order valence-electron chi connectivity index (χ4n) is 2.41. The van der Waals surface area contributed by atoms with Crippen LogP contribution in [-0.2, 0) is 16.6 Å². The third-order valence-electron chi connectivity index (χ3n) is 3.59. The number of sulfonamides is 1. The number of halogens is 1. The summed E-state index contributed by atoms with van der Waals surface area (Å²) in [5, 5.41) is 6.45. The Kier molecular flexibility index (Phi) is 8.34. The van der Waals surface area contributed by atoms with Gasteiger partial charge in [0.05, 0.1) is 12.5 Å². The van der Waals surface area contributed by atoms with Crippen LogP contribution in [0.15, 0.2) is 27.8 Å². The Bertz CT molecular complexity index is 589. The molecule has 0 bridgehead atoms. The van der Waals surface area contributed by atoms with Gasteiger partial charge in [0.1, 0.15) is 12.3 Å². The molecule has 0 spiro atoms. The Hall–Kier alpha value is -0.810. The van der Waals surface area contributed by atoms with Crippen LogP contribution in [0.25, 0.3) is 0 Å². The quantitative estimate of drug-likeness (QED) is 0.382. The first kappa shape index (κ1) is 20.2. The molecule has 0 radical (unpaired) electrons. The van der Waals surface area contributed by atoms with Crippen molar-refractivity contribution in [3.05, 3.63) is 24.2 Å². The highest BCUT2D eigenvalue weighted by molar-refractivity contribution is 14.0. The normalized spacial score (nSPS) is 19.4. The van der Waals surface area contributed by atoms with Gasteiger partial charge in [-0.2, -0.15) is 0 Å². The van der Waals surface area contributed by atoms with Crippen LogP contribution in [0.2, 0.25) is 0 Å². The van der Waals surface area contributed by atoms with E-state index >= 15 is 0 Å². The lowest BCUT2D eigenvalue weighted by atomic mass is 10.1. The minimum Gasteiger partial charge on any atom is -0.467 e. The molecule has 1 aliphatic rings. The minimum atomic E-state index is -3.08. The van der Waals surface area contributed by atoms with E-state index in [1.165, 1.54) is 10.6 Å². The van der Waals surface area contributed by atoms with Crippen LogP contribution < -0.4 is 10.6 Å². The Balaban J connectivity index is 0.00000264. The van der Waals surface area contributed by atoms with Crippen molar-refractivity contribution in [1.82, 2.24) is 14.9 Å². The van der Waals surface area contributed by atoms with Gasteiger partial charge in [-0.1, -0.05) is 0 Å². The number of guanidine groups is 1. The highest BCUT2D eigenvalue weighted by atomic mass is 127. The van der Waals surface area contributed by atoms with Gasteiger partial charge in [0.15, 0.2) is 5.96 Å². The van der Waals surface area contributed by atoms with E-state index in [9.17, 15) is 8.42 Å². The molecule has 0 aliphatic carbocycles. The molecule has 132 valence electrons. The first-order chi connectivity index (χ1) is 10.5. The lowest BCUT2D eigenvalue weighted by Crippen LogP contribution is -2.40. The summed E-state index contributed by atoms with van der Waals surface area (Å²) in [6, 6.07) is 3.72.